The van der Waals surface area contributed by atoms with E-state index >= 15 is 0 Å². The average Bonchev–Trinajstić information content (AvgIpc) is 3.07. The van der Waals surface area contributed by atoms with Gasteiger partial charge in [0.1, 0.15) is 0 Å². The van der Waals surface area contributed by atoms with E-state index in [4.69, 9.17) is 10.3 Å². The topological polar surface area (TPSA) is 94.0 Å². The molecule has 3 N–H and O–H groups in total. The number of aromatic nitrogens is 2. The lowest BCUT2D eigenvalue weighted by molar-refractivity contribution is 0.0926. The van der Waals surface area contributed by atoms with Crippen molar-refractivity contribution in [1.82, 2.24) is 15.5 Å². The highest BCUT2D eigenvalue weighted by atomic mass is 35.5. The lowest BCUT2D eigenvalue weighted by Crippen LogP contribution is -2.40. The molecular formula is C19H27ClN4O2. The second-order valence-corrected chi connectivity index (χ2v) is 7.80. The molecule has 0 saturated heterocycles. The van der Waals surface area contributed by atoms with Gasteiger partial charge in [-0.15, -0.1) is 12.4 Å². The number of benzene rings is 1. The summed E-state index contributed by atoms with van der Waals surface area (Å²) in [5, 5.41) is 7.18. The minimum absolute atomic E-state index is 0. The van der Waals surface area contributed by atoms with Crippen molar-refractivity contribution < 1.29 is 9.32 Å². The van der Waals surface area contributed by atoms with Crippen LogP contribution in [0.15, 0.2) is 28.8 Å². The molecule has 1 aromatic carbocycles. The molecule has 1 aliphatic carbocycles. The van der Waals surface area contributed by atoms with Gasteiger partial charge in [0.2, 0.25) is 0 Å². The Labute approximate surface area is 160 Å². The van der Waals surface area contributed by atoms with Crippen LogP contribution >= 0.6 is 12.4 Å². The number of hydrogen-bond donors (Lipinski definition) is 2. The van der Waals surface area contributed by atoms with Crippen molar-refractivity contribution in [2.45, 2.75) is 64.0 Å². The van der Waals surface area contributed by atoms with Crippen LogP contribution < -0.4 is 11.1 Å². The second-order valence-electron chi connectivity index (χ2n) is 7.80. The lowest BCUT2D eigenvalue weighted by Gasteiger charge is -2.27. The van der Waals surface area contributed by atoms with Gasteiger partial charge in [0.15, 0.2) is 5.82 Å². The van der Waals surface area contributed by atoms with E-state index in [1.165, 1.54) is 0 Å². The number of nitrogens with two attached hydrogens (primary N) is 1. The van der Waals surface area contributed by atoms with Crippen molar-refractivity contribution in [3.05, 3.63) is 35.7 Å². The molecule has 0 unspecified atom stereocenters. The van der Waals surface area contributed by atoms with E-state index in [1.807, 2.05) is 39.0 Å². The summed E-state index contributed by atoms with van der Waals surface area (Å²) in [6.45, 7) is 6.07. The van der Waals surface area contributed by atoms with E-state index in [1.54, 1.807) is 6.07 Å². The van der Waals surface area contributed by atoms with Crippen LogP contribution in [0.4, 0.5) is 0 Å². The molecule has 0 atom stereocenters. The van der Waals surface area contributed by atoms with Gasteiger partial charge in [0.05, 0.1) is 11.1 Å². The number of rotatable bonds is 3. The first-order valence-electron chi connectivity index (χ1n) is 8.84. The minimum Gasteiger partial charge on any atom is -0.349 e. The summed E-state index contributed by atoms with van der Waals surface area (Å²) in [5.41, 5.74) is 6.95. The summed E-state index contributed by atoms with van der Waals surface area (Å²) >= 11 is 0. The Kier molecular flexibility index (Phi) is 6.42. The molecule has 0 bridgehead atoms. The fourth-order valence-electron chi connectivity index (χ4n) is 3.03. The largest absolute Gasteiger partial charge is 0.349 e. The number of hydrogen-bond acceptors (Lipinski definition) is 5. The Balaban J connectivity index is 0.00000243. The third-order valence-electron chi connectivity index (χ3n) is 4.61. The highest BCUT2D eigenvalue weighted by molar-refractivity contribution is 6.00. The monoisotopic (exact) mass is 378 g/mol. The smallest absolute Gasteiger partial charge is 0.258 e. The first-order valence-corrected chi connectivity index (χ1v) is 8.84. The van der Waals surface area contributed by atoms with Crippen molar-refractivity contribution in [2.24, 2.45) is 5.73 Å². The van der Waals surface area contributed by atoms with E-state index < -0.39 is 0 Å². The summed E-state index contributed by atoms with van der Waals surface area (Å²) in [6, 6.07) is 7.78. The van der Waals surface area contributed by atoms with Crippen LogP contribution in [0.3, 0.4) is 0 Å². The van der Waals surface area contributed by atoms with Crippen LogP contribution in [0.1, 0.15) is 62.6 Å². The molecule has 2 aromatic rings. The molecule has 1 aliphatic rings. The van der Waals surface area contributed by atoms with Gasteiger partial charge in [0.25, 0.3) is 11.8 Å². The maximum Gasteiger partial charge on any atom is 0.258 e. The van der Waals surface area contributed by atoms with Gasteiger partial charge in [-0.1, -0.05) is 38.1 Å². The van der Waals surface area contributed by atoms with E-state index in [0.29, 0.717) is 22.8 Å². The van der Waals surface area contributed by atoms with Crippen molar-refractivity contribution in [3.8, 4) is 11.5 Å². The summed E-state index contributed by atoms with van der Waals surface area (Å²) in [4.78, 5) is 17.2. The quantitative estimate of drug-likeness (QED) is 0.852. The molecule has 1 heterocycles. The lowest BCUT2D eigenvalue weighted by atomic mass is 9.91. The van der Waals surface area contributed by atoms with E-state index in [0.717, 1.165) is 25.7 Å². The third kappa shape index (κ3) is 4.62. The Bertz CT molecular complexity index is 746. The number of carbonyl (C=O) groups excluding carboxylic acids is 1. The van der Waals surface area contributed by atoms with Crippen LogP contribution in [0, 0.1) is 0 Å². The molecule has 1 aromatic heterocycles. The molecule has 0 aliphatic heterocycles. The average molecular weight is 379 g/mol. The van der Waals surface area contributed by atoms with Gasteiger partial charge in [-0.2, -0.15) is 4.98 Å². The zero-order chi connectivity index (χ0) is 18.0. The molecule has 7 heteroatoms. The molecular weight excluding hydrogens is 352 g/mol. The Morgan fingerprint density at radius 2 is 1.85 bits per heavy atom. The van der Waals surface area contributed by atoms with Crippen molar-refractivity contribution >= 4 is 18.3 Å². The SMILES string of the molecule is CC(C)(C)c1noc(-c2ccccc2C(=O)NC2CCC(N)CC2)n1.Cl. The first kappa shape index (κ1) is 20.4. The predicted molar refractivity (Wildman–Crippen MR) is 103 cm³/mol. The van der Waals surface area contributed by atoms with Gasteiger partial charge < -0.3 is 15.6 Å². The van der Waals surface area contributed by atoms with E-state index in [9.17, 15) is 4.79 Å². The molecule has 142 valence electrons. The number of amides is 1. The molecule has 1 saturated carbocycles. The highest BCUT2D eigenvalue weighted by Crippen LogP contribution is 2.26. The number of nitrogens with zero attached hydrogens (tertiary/aromatic N) is 2. The van der Waals surface area contributed by atoms with Crippen molar-refractivity contribution in [3.63, 3.8) is 0 Å². The van der Waals surface area contributed by atoms with E-state index in [2.05, 4.69) is 15.5 Å². The Morgan fingerprint density at radius 3 is 2.46 bits per heavy atom. The summed E-state index contributed by atoms with van der Waals surface area (Å²) in [7, 11) is 0. The normalized spacial score (nSPS) is 20.3. The molecule has 3 rings (SSSR count). The van der Waals surface area contributed by atoms with Crippen LogP contribution in [0.2, 0.25) is 0 Å². The number of halogens is 1. The molecule has 0 spiro atoms. The zero-order valence-electron chi connectivity index (χ0n) is 15.5. The number of nitrogens with one attached hydrogen (secondary N) is 1. The molecule has 26 heavy (non-hydrogen) atoms. The van der Waals surface area contributed by atoms with E-state index in [-0.39, 0.29) is 35.8 Å². The van der Waals surface area contributed by atoms with Gasteiger partial charge in [-0.3, -0.25) is 4.79 Å². The van der Waals surface area contributed by atoms with Crippen LogP contribution in [-0.4, -0.2) is 28.1 Å². The van der Waals surface area contributed by atoms with Gasteiger partial charge in [0, 0.05) is 17.5 Å². The van der Waals surface area contributed by atoms with Crippen molar-refractivity contribution in [1.29, 1.82) is 0 Å². The molecule has 6 nitrogen and oxygen atoms in total. The summed E-state index contributed by atoms with van der Waals surface area (Å²) < 4.78 is 5.41. The summed E-state index contributed by atoms with van der Waals surface area (Å²) in [5.74, 6) is 0.895. The van der Waals surface area contributed by atoms with Crippen LogP contribution in [0.25, 0.3) is 11.5 Å². The molecule has 1 amide bonds. The molecule has 0 radical (unpaired) electrons. The second kappa shape index (κ2) is 8.18. The van der Waals surface area contributed by atoms with Crippen molar-refractivity contribution in [2.75, 3.05) is 0 Å². The Hall–Kier alpha value is -1.92. The molecule has 1 fully saturated rings. The van der Waals surface area contributed by atoms with Crippen LogP contribution in [-0.2, 0) is 5.41 Å². The maximum atomic E-state index is 12.8. The minimum atomic E-state index is -0.209. The first-order chi connectivity index (χ1) is 11.8. The number of carbonyl (C=O) groups is 1. The van der Waals surface area contributed by atoms with Crippen LogP contribution in [0.5, 0.6) is 0 Å². The van der Waals surface area contributed by atoms with Gasteiger partial charge >= 0.3 is 0 Å². The maximum absolute atomic E-state index is 12.8. The zero-order valence-corrected chi connectivity index (χ0v) is 16.3. The fourth-order valence-corrected chi connectivity index (χ4v) is 3.03. The fraction of sp³-hybridized carbons (Fsp3) is 0.526. The Morgan fingerprint density at radius 1 is 1.19 bits per heavy atom. The van der Waals surface area contributed by atoms with Gasteiger partial charge in [-0.25, -0.2) is 0 Å². The standard InChI is InChI=1S/C19H26N4O2.ClH/c1-19(2,3)18-22-17(25-23-18)15-7-5-4-6-14(15)16(24)21-13-10-8-12(20)9-11-13;/h4-7,12-13H,8-11,20H2,1-3H3,(H,21,24);1H. The highest BCUT2D eigenvalue weighted by Gasteiger charge is 2.25. The summed E-state index contributed by atoms with van der Waals surface area (Å²) in [6.07, 6.45) is 3.74. The third-order valence-corrected chi connectivity index (χ3v) is 4.61. The van der Waals surface area contributed by atoms with Gasteiger partial charge in [-0.05, 0) is 37.8 Å². The predicted octanol–water partition coefficient (Wildman–Crippen LogP) is 3.46.